The van der Waals surface area contributed by atoms with Gasteiger partial charge in [0.1, 0.15) is 0 Å². The van der Waals surface area contributed by atoms with E-state index in [9.17, 15) is 8.42 Å². The Kier molecular flexibility index (Phi) is 4.28. The van der Waals surface area contributed by atoms with Crippen molar-refractivity contribution in [2.24, 2.45) is 11.7 Å². The molecule has 106 valence electrons. The predicted molar refractivity (Wildman–Crippen MR) is 76.3 cm³/mol. The van der Waals surface area contributed by atoms with E-state index in [1.54, 1.807) is 19.2 Å². The average molecular weight is 282 g/mol. The molecule has 0 spiro atoms. The van der Waals surface area contributed by atoms with Gasteiger partial charge in [0.15, 0.2) is 0 Å². The molecule has 1 atom stereocenters. The van der Waals surface area contributed by atoms with Gasteiger partial charge in [-0.25, -0.2) is 8.42 Å². The molecule has 1 unspecified atom stereocenters. The van der Waals surface area contributed by atoms with Gasteiger partial charge in [-0.2, -0.15) is 4.31 Å². The van der Waals surface area contributed by atoms with E-state index < -0.39 is 10.0 Å². The van der Waals surface area contributed by atoms with Gasteiger partial charge >= 0.3 is 0 Å². The fraction of sp³-hybridized carbons (Fsp3) is 0.571. The first-order chi connectivity index (χ1) is 9.00. The molecule has 2 N–H and O–H groups in total. The molecule has 0 radical (unpaired) electrons. The summed E-state index contributed by atoms with van der Waals surface area (Å²) in [6.45, 7) is 2.43. The number of likely N-dealkylation sites (N-methyl/N-ethyl adjacent to an activating group) is 1. The van der Waals surface area contributed by atoms with Crippen LogP contribution in [0.3, 0.4) is 0 Å². The normalized spacial score (nSPS) is 17.7. The highest BCUT2D eigenvalue weighted by Gasteiger charge is 2.38. The maximum atomic E-state index is 12.5. The van der Waals surface area contributed by atoms with Crippen LogP contribution in [0.5, 0.6) is 0 Å². The number of benzene rings is 1. The van der Waals surface area contributed by atoms with Crippen LogP contribution < -0.4 is 5.73 Å². The van der Waals surface area contributed by atoms with Crippen LogP contribution in [0, 0.1) is 5.92 Å². The lowest BCUT2D eigenvalue weighted by Crippen LogP contribution is -2.43. The first-order valence-corrected chi connectivity index (χ1v) is 8.21. The summed E-state index contributed by atoms with van der Waals surface area (Å²) >= 11 is 0. The summed E-state index contributed by atoms with van der Waals surface area (Å²) in [4.78, 5) is 0.353. The highest BCUT2D eigenvalue weighted by molar-refractivity contribution is 7.89. The molecule has 19 heavy (non-hydrogen) atoms. The minimum atomic E-state index is -3.43. The Morgan fingerprint density at radius 1 is 1.32 bits per heavy atom. The summed E-state index contributed by atoms with van der Waals surface area (Å²) in [6.07, 6.45) is 3.07. The Hall–Kier alpha value is -0.910. The lowest BCUT2D eigenvalue weighted by molar-refractivity contribution is 0.340. The van der Waals surface area contributed by atoms with Gasteiger partial charge < -0.3 is 5.73 Å². The van der Waals surface area contributed by atoms with E-state index in [-0.39, 0.29) is 6.04 Å². The number of nitrogens with two attached hydrogens (primary N) is 1. The molecule has 1 fully saturated rings. The second-order valence-electron chi connectivity index (χ2n) is 5.16. The van der Waals surface area contributed by atoms with Crippen molar-refractivity contribution < 1.29 is 8.42 Å². The van der Waals surface area contributed by atoms with Crippen LogP contribution in [0.15, 0.2) is 29.2 Å². The third kappa shape index (κ3) is 2.99. The largest absolute Gasteiger partial charge is 0.329 e. The first kappa shape index (κ1) is 14.5. The van der Waals surface area contributed by atoms with E-state index in [1.165, 1.54) is 4.31 Å². The van der Waals surface area contributed by atoms with Crippen molar-refractivity contribution in [3.05, 3.63) is 29.8 Å². The van der Waals surface area contributed by atoms with Gasteiger partial charge in [-0.05, 0) is 42.9 Å². The lowest BCUT2D eigenvalue weighted by atomic mass is 10.2. The van der Waals surface area contributed by atoms with Crippen LogP contribution >= 0.6 is 0 Å². The first-order valence-electron chi connectivity index (χ1n) is 6.77. The molecule has 1 aliphatic carbocycles. The van der Waals surface area contributed by atoms with Gasteiger partial charge in [-0.15, -0.1) is 0 Å². The molecule has 0 saturated heterocycles. The maximum absolute atomic E-state index is 12.5. The van der Waals surface area contributed by atoms with Gasteiger partial charge in [-0.1, -0.05) is 19.1 Å². The van der Waals surface area contributed by atoms with Crippen molar-refractivity contribution >= 4 is 10.0 Å². The van der Waals surface area contributed by atoms with Gasteiger partial charge in [-0.3, -0.25) is 0 Å². The minimum Gasteiger partial charge on any atom is -0.329 e. The number of hydrogen-bond acceptors (Lipinski definition) is 3. The summed E-state index contributed by atoms with van der Waals surface area (Å²) in [5, 5.41) is 0. The van der Waals surface area contributed by atoms with E-state index in [0.717, 1.165) is 24.8 Å². The maximum Gasteiger partial charge on any atom is 0.243 e. The molecular formula is C14H22N2O2S. The zero-order valence-electron chi connectivity index (χ0n) is 11.5. The smallest absolute Gasteiger partial charge is 0.243 e. The molecule has 0 amide bonds. The molecular weight excluding hydrogens is 260 g/mol. The predicted octanol–water partition coefficient (Wildman–Crippen LogP) is 1.61. The number of nitrogens with zero attached hydrogens (tertiary/aromatic N) is 1. The molecule has 1 aromatic carbocycles. The van der Waals surface area contributed by atoms with Crippen LogP contribution in [0.25, 0.3) is 0 Å². The van der Waals surface area contributed by atoms with E-state index in [0.29, 0.717) is 17.4 Å². The number of aryl methyl sites for hydroxylation is 1. The Morgan fingerprint density at radius 3 is 2.32 bits per heavy atom. The summed E-state index contributed by atoms with van der Waals surface area (Å²) in [7, 11) is -1.79. The zero-order valence-corrected chi connectivity index (χ0v) is 12.4. The van der Waals surface area contributed by atoms with Crippen molar-refractivity contribution in [3.8, 4) is 0 Å². The highest BCUT2D eigenvalue weighted by Crippen LogP contribution is 2.36. The number of sulfonamides is 1. The minimum absolute atomic E-state index is 0.0733. The standard InChI is InChI=1S/C14H22N2O2S/c1-3-11-4-8-13(9-5-11)19(17,18)16(2)14(10-15)12-6-7-12/h4-5,8-9,12,14H,3,6-7,10,15H2,1-2H3. The van der Waals surface area contributed by atoms with Gasteiger partial charge in [0.05, 0.1) is 4.90 Å². The van der Waals surface area contributed by atoms with Crippen LogP contribution in [0.1, 0.15) is 25.3 Å². The Morgan fingerprint density at radius 2 is 1.89 bits per heavy atom. The van der Waals surface area contributed by atoms with Crippen LogP contribution in [-0.4, -0.2) is 32.4 Å². The third-order valence-electron chi connectivity index (χ3n) is 3.88. The van der Waals surface area contributed by atoms with Crippen LogP contribution in [-0.2, 0) is 16.4 Å². The van der Waals surface area contributed by atoms with Gasteiger partial charge in [0, 0.05) is 19.6 Å². The van der Waals surface area contributed by atoms with E-state index >= 15 is 0 Å². The molecule has 0 aromatic heterocycles. The second kappa shape index (κ2) is 5.61. The molecule has 1 saturated carbocycles. The van der Waals surface area contributed by atoms with Crippen molar-refractivity contribution in [1.82, 2.24) is 4.31 Å². The molecule has 0 heterocycles. The Labute approximate surface area is 115 Å². The van der Waals surface area contributed by atoms with E-state index in [2.05, 4.69) is 0 Å². The van der Waals surface area contributed by atoms with E-state index in [1.807, 2.05) is 19.1 Å². The summed E-state index contributed by atoms with van der Waals surface area (Å²) in [5.41, 5.74) is 6.87. The zero-order chi connectivity index (χ0) is 14.0. The third-order valence-corrected chi connectivity index (χ3v) is 5.78. The fourth-order valence-corrected chi connectivity index (χ4v) is 3.79. The molecule has 1 aliphatic rings. The number of rotatable bonds is 6. The van der Waals surface area contributed by atoms with Gasteiger partial charge in [0.25, 0.3) is 0 Å². The molecule has 2 rings (SSSR count). The SMILES string of the molecule is CCc1ccc(S(=O)(=O)N(C)C(CN)C2CC2)cc1. The topological polar surface area (TPSA) is 63.4 Å². The lowest BCUT2D eigenvalue weighted by Gasteiger charge is -2.26. The molecule has 0 aliphatic heterocycles. The summed E-state index contributed by atoms with van der Waals surface area (Å²) < 4.78 is 26.5. The van der Waals surface area contributed by atoms with Crippen molar-refractivity contribution in [2.75, 3.05) is 13.6 Å². The second-order valence-corrected chi connectivity index (χ2v) is 7.16. The number of hydrogen-bond donors (Lipinski definition) is 1. The fourth-order valence-electron chi connectivity index (χ4n) is 2.36. The summed E-state index contributed by atoms with van der Waals surface area (Å²) in [5.74, 6) is 0.430. The van der Waals surface area contributed by atoms with Crippen molar-refractivity contribution in [2.45, 2.75) is 37.1 Å². The molecule has 4 nitrogen and oxygen atoms in total. The van der Waals surface area contributed by atoms with Crippen molar-refractivity contribution in [1.29, 1.82) is 0 Å². The monoisotopic (exact) mass is 282 g/mol. The average Bonchev–Trinajstić information content (AvgIpc) is 3.24. The quantitative estimate of drug-likeness (QED) is 0.862. The Balaban J connectivity index is 2.24. The molecule has 5 heteroatoms. The van der Waals surface area contributed by atoms with E-state index in [4.69, 9.17) is 5.73 Å². The van der Waals surface area contributed by atoms with Crippen LogP contribution in [0.2, 0.25) is 0 Å². The highest BCUT2D eigenvalue weighted by atomic mass is 32.2. The molecule has 0 bridgehead atoms. The van der Waals surface area contributed by atoms with Gasteiger partial charge in [0.2, 0.25) is 10.0 Å². The summed E-state index contributed by atoms with van der Waals surface area (Å²) in [6, 6.07) is 7.04. The van der Waals surface area contributed by atoms with Crippen LogP contribution in [0.4, 0.5) is 0 Å². The molecule has 1 aromatic rings. The Bertz CT molecular complexity index is 521. The van der Waals surface area contributed by atoms with Crippen molar-refractivity contribution in [3.63, 3.8) is 0 Å².